The molecule has 24 heavy (non-hydrogen) atoms. The zero-order valence-corrected chi connectivity index (χ0v) is 15.5. The number of hydrogen-bond donors (Lipinski definition) is 0. The number of nitrogens with zero attached hydrogens (tertiary/aromatic N) is 1. The van der Waals surface area contributed by atoms with Crippen LogP contribution in [-0.2, 0) is 4.74 Å². The van der Waals surface area contributed by atoms with Gasteiger partial charge < -0.3 is 14.2 Å². The highest BCUT2D eigenvalue weighted by Crippen LogP contribution is 2.28. The maximum Gasteiger partial charge on any atom is 0.161 e. The van der Waals surface area contributed by atoms with Crippen LogP contribution in [0.2, 0.25) is 0 Å². The Morgan fingerprint density at radius 3 is 2.54 bits per heavy atom. The van der Waals surface area contributed by atoms with Crippen LogP contribution in [0.25, 0.3) is 0 Å². The van der Waals surface area contributed by atoms with Gasteiger partial charge in [-0.25, -0.2) is 0 Å². The van der Waals surface area contributed by atoms with Gasteiger partial charge in [0, 0.05) is 25.2 Å². The number of morpholine rings is 1. The number of carbonyl (C=O) groups is 1. The molecule has 1 aromatic rings. The first kappa shape index (κ1) is 20.7. The van der Waals surface area contributed by atoms with E-state index in [4.69, 9.17) is 14.2 Å². The number of aldehydes is 1. The van der Waals surface area contributed by atoms with Crippen molar-refractivity contribution >= 4 is 18.7 Å². The summed E-state index contributed by atoms with van der Waals surface area (Å²) >= 11 is 0. The third-order valence-corrected chi connectivity index (χ3v) is 3.78. The summed E-state index contributed by atoms with van der Waals surface area (Å²) in [6, 6.07) is 5.26. The molecule has 2 unspecified atom stereocenters. The summed E-state index contributed by atoms with van der Waals surface area (Å²) in [6.45, 7) is 10.3. The van der Waals surface area contributed by atoms with Gasteiger partial charge in [0.2, 0.25) is 0 Å². The number of ether oxygens (including phenoxy) is 3. The first-order valence-corrected chi connectivity index (χ1v) is 8.35. The Kier molecular flexibility index (Phi) is 9.11. The summed E-state index contributed by atoms with van der Waals surface area (Å²) in [6.07, 6.45) is 2.34. The fourth-order valence-electron chi connectivity index (χ4n) is 2.92. The summed E-state index contributed by atoms with van der Waals surface area (Å²) in [4.78, 5) is 13.3. The van der Waals surface area contributed by atoms with Crippen molar-refractivity contribution in [2.24, 2.45) is 0 Å². The quantitative estimate of drug-likeness (QED) is 0.528. The van der Waals surface area contributed by atoms with Gasteiger partial charge in [-0.05, 0) is 45.4 Å². The zero-order valence-electron chi connectivity index (χ0n) is 14.7. The molecular formula is C18H28ClNO4. The summed E-state index contributed by atoms with van der Waals surface area (Å²) in [7, 11) is 0. The Balaban J connectivity index is 0.00000288. The van der Waals surface area contributed by atoms with Gasteiger partial charge in [-0.3, -0.25) is 9.69 Å². The van der Waals surface area contributed by atoms with Crippen LogP contribution >= 0.6 is 12.4 Å². The molecule has 1 fully saturated rings. The van der Waals surface area contributed by atoms with Crippen LogP contribution in [0.1, 0.15) is 37.6 Å². The predicted molar refractivity (Wildman–Crippen MR) is 96.8 cm³/mol. The number of rotatable bonds is 8. The van der Waals surface area contributed by atoms with Gasteiger partial charge in [0.25, 0.3) is 0 Å². The molecule has 0 saturated carbocycles. The topological polar surface area (TPSA) is 48.0 Å². The van der Waals surface area contributed by atoms with Crippen LogP contribution in [0.15, 0.2) is 18.2 Å². The van der Waals surface area contributed by atoms with Crippen LogP contribution in [0.5, 0.6) is 11.5 Å². The lowest BCUT2D eigenvalue weighted by atomic mass is 10.2. The lowest BCUT2D eigenvalue weighted by molar-refractivity contribution is -0.0686. The van der Waals surface area contributed by atoms with Gasteiger partial charge in [-0.1, -0.05) is 0 Å². The van der Waals surface area contributed by atoms with E-state index in [0.717, 1.165) is 32.3 Å². The summed E-state index contributed by atoms with van der Waals surface area (Å²) < 4.78 is 17.1. The minimum absolute atomic E-state index is 0. The van der Waals surface area contributed by atoms with E-state index in [2.05, 4.69) is 18.7 Å². The smallest absolute Gasteiger partial charge is 0.161 e. The van der Waals surface area contributed by atoms with Crippen molar-refractivity contribution in [3.05, 3.63) is 23.8 Å². The molecule has 136 valence electrons. The average molecular weight is 358 g/mol. The highest BCUT2D eigenvalue weighted by atomic mass is 35.5. The van der Waals surface area contributed by atoms with Gasteiger partial charge in [0.05, 0.1) is 25.4 Å². The van der Waals surface area contributed by atoms with E-state index in [1.54, 1.807) is 18.2 Å². The maximum atomic E-state index is 10.9. The first-order chi connectivity index (χ1) is 11.1. The SMILES string of the molecule is CCOc1cc(C=O)ccc1OCCCN1CC(C)OC(C)C1.Cl. The highest BCUT2D eigenvalue weighted by molar-refractivity contribution is 5.85. The van der Waals surface area contributed by atoms with E-state index >= 15 is 0 Å². The van der Waals surface area contributed by atoms with E-state index in [9.17, 15) is 4.79 Å². The molecule has 5 nitrogen and oxygen atoms in total. The largest absolute Gasteiger partial charge is 0.490 e. The van der Waals surface area contributed by atoms with Gasteiger partial charge in [0.15, 0.2) is 11.5 Å². The molecule has 0 aromatic heterocycles. The van der Waals surface area contributed by atoms with Crippen molar-refractivity contribution in [1.82, 2.24) is 4.90 Å². The molecule has 0 radical (unpaired) electrons. The Hall–Kier alpha value is -1.30. The second kappa shape index (κ2) is 10.5. The molecule has 0 amide bonds. The monoisotopic (exact) mass is 357 g/mol. The van der Waals surface area contributed by atoms with Gasteiger partial charge in [-0.15, -0.1) is 12.4 Å². The molecule has 1 aliphatic rings. The molecule has 0 bridgehead atoms. The fraction of sp³-hybridized carbons (Fsp3) is 0.611. The first-order valence-electron chi connectivity index (χ1n) is 8.35. The Bertz CT molecular complexity index is 502. The Morgan fingerprint density at radius 1 is 1.21 bits per heavy atom. The molecule has 0 aliphatic carbocycles. The second-order valence-corrected chi connectivity index (χ2v) is 5.98. The van der Waals surface area contributed by atoms with Crippen molar-refractivity contribution in [1.29, 1.82) is 0 Å². The lowest BCUT2D eigenvalue weighted by Crippen LogP contribution is -2.45. The van der Waals surface area contributed by atoms with Crippen LogP contribution < -0.4 is 9.47 Å². The Morgan fingerprint density at radius 2 is 1.92 bits per heavy atom. The van der Waals surface area contributed by atoms with Crippen molar-refractivity contribution < 1.29 is 19.0 Å². The molecule has 1 aromatic carbocycles. The number of hydrogen-bond acceptors (Lipinski definition) is 5. The Labute approximate surface area is 150 Å². The van der Waals surface area contributed by atoms with E-state index in [1.807, 2.05) is 6.92 Å². The molecule has 1 heterocycles. The van der Waals surface area contributed by atoms with Crippen LogP contribution in [0, 0.1) is 0 Å². The summed E-state index contributed by atoms with van der Waals surface area (Å²) in [5, 5.41) is 0. The number of halogens is 1. The predicted octanol–water partition coefficient (Wildman–Crippen LogP) is 3.20. The maximum absolute atomic E-state index is 10.9. The highest BCUT2D eigenvalue weighted by Gasteiger charge is 2.21. The molecule has 1 saturated heterocycles. The van der Waals surface area contributed by atoms with Crippen LogP contribution in [0.4, 0.5) is 0 Å². The molecule has 1 aliphatic heterocycles. The van der Waals surface area contributed by atoms with E-state index in [1.165, 1.54) is 0 Å². The molecule has 0 spiro atoms. The summed E-state index contributed by atoms with van der Waals surface area (Å²) in [5.41, 5.74) is 0.595. The molecule has 6 heteroatoms. The normalized spacial score (nSPS) is 21.0. The van der Waals surface area contributed by atoms with Gasteiger partial charge >= 0.3 is 0 Å². The third-order valence-electron chi connectivity index (χ3n) is 3.78. The standard InChI is InChI=1S/C18H27NO4.ClH/c1-4-21-18-10-16(13-20)6-7-17(18)22-9-5-8-19-11-14(2)23-15(3)12-19;/h6-7,10,13-15H,4-5,8-9,11-12H2,1-3H3;1H. The molecule has 2 atom stereocenters. The molecular weight excluding hydrogens is 330 g/mol. The molecule has 2 rings (SSSR count). The van der Waals surface area contributed by atoms with Crippen molar-refractivity contribution in [3.8, 4) is 11.5 Å². The van der Waals surface area contributed by atoms with Crippen molar-refractivity contribution in [2.45, 2.75) is 39.4 Å². The van der Waals surface area contributed by atoms with E-state index < -0.39 is 0 Å². The average Bonchev–Trinajstić information content (AvgIpc) is 2.52. The zero-order chi connectivity index (χ0) is 16.7. The lowest BCUT2D eigenvalue weighted by Gasteiger charge is -2.35. The van der Waals surface area contributed by atoms with Crippen molar-refractivity contribution in [3.63, 3.8) is 0 Å². The van der Waals surface area contributed by atoms with Crippen LogP contribution in [0.3, 0.4) is 0 Å². The molecule has 0 N–H and O–H groups in total. The fourth-order valence-corrected chi connectivity index (χ4v) is 2.92. The van der Waals surface area contributed by atoms with Crippen molar-refractivity contribution in [2.75, 3.05) is 32.8 Å². The minimum Gasteiger partial charge on any atom is -0.490 e. The van der Waals surface area contributed by atoms with E-state index in [0.29, 0.717) is 42.5 Å². The minimum atomic E-state index is 0. The van der Waals surface area contributed by atoms with E-state index in [-0.39, 0.29) is 12.4 Å². The third kappa shape index (κ3) is 6.30. The summed E-state index contributed by atoms with van der Waals surface area (Å²) in [5.74, 6) is 1.33. The second-order valence-electron chi connectivity index (χ2n) is 5.98. The number of benzene rings is 1. The number of carbonyl (C=O) groups excluding carboxylic acids is 1. The van der Waals surface area contributed by atoms with Gasteiger partial charge in [-0.2, -0.15) is 0 Å². The van der Waals surface area contributed by atoms with Gasteiger partial charge in [0.1, 0.15) is 6.29 Å². The van der Waals surface area contributed by atoms with Crippen LogP contribution in [-0.4, -0.2) is 56.2 Å².